The molecule has 74 valence electrons. The minimum absolute atomic E-state index is 0.00639. The molecule has 1 aromatic heterocycles. The van der Waals surface area contributed by atoms with E-state index in [1.54, 1.807) is 6.07 Å². The highest BCUT2D eigenvalue weighted by Gasteiger charge is 2.16. The summed E-state index contributed by atoms with van der Waals surface area (Å²) >= 11 is 0. The van der Waals surface area contributed by atoms with Crippen LogP contribution >= 0.6 is 0 Å². The van der Waals surface area contributed by atoms with Crippen molar-refractivity contribution in [3.63, 3.8) is 0 Å². The van der Waals surface area contributed by atoms with Crippen LogP contribution in [0.2, 0.25) is 0 Å². The number of methoxy groups -OCH3 is 1. The van der Waals surface area contributed by atoms with Gasteiger partial charge in [-0.1, -0.05) is 6.07 Å². The van der Waals surface area contributed by atoms with E-state index in [0.717, 1.165) is 0 Å². The number of fused-ring (bicyclic) bond motifs is 1. The summed E-state index contributed by atoms with van der Waals surface area (Å²) in [4.78, 5) is 3.85. The molecule has 0 aliphatic carbocycles. The molecule has 0 atom stereocenters. The number of aromatic nitrogens is 1. The molecular formula is C9H7F2NO2. The first-order chi connectivity index (χ1) is 6.72. The van der Waals surface area contributed by atoms with Crippen molar-refractivity contribution in [3.8, 4) is 6.08 Å². The Morgan fingerprint density at radius 1 is 1.43 bits per heavy atom. The first-order valence-electron chi connectivity index (χ1n) is 3.94. The topological polar surface area (TPSA) is 35.3 Å². The number of nitrogens with zero attached hydrogens (tertiary/aromatic N) is 1. The summed E-state index contributed by atoms with van der Waals surface area (Å²) < 4.78 is 34.7. The Bertz CT molecular complexity index is 453. The van der Waals surface area contributed by atoms with Gasteiger partial charge in [-0.2, -0.15) is 4.98 Å². The van der Waals surface area contributed by atoms with Crippen molar-refractivity contribution in [2.24, 2.45) is 0 Å². The molecule has 0 saturated carbocycles. The van der Waals surface area contributed by atoms with Crippen molar-refractivity contribution in [1.82, 2.24) is 4.98 Å². The fourth-order valence-corrected chi connectivity index (χ4v) is 1.21. The molecule has 0 radical (unpaired) electrons. The minimum atomic E-state index is -2.57. The quantitative estimate of drug-likeness (QED) is 0.745. The largest absolute Gasteiger partial charge is 0.453 e. The zero-order chi connectivity index (χ0) is 10.1. The van der Waals surface area contributed by atoms with Gasteiger partial charge in [-0.05, 0) is 12.1 Å². The van der Waals surface area contributed by atoms with Crippen LogP contribution in [0.4, 0.5) is 8.78 Å². The molecule has 1 aromatic carbocycles. The van der Waals surface area contributed by atoms with Crippen LogP contribution in [0, 0.1) is 0 Å². The van der Waals surface area contributed by atoms with Crippen LogP contribution in [0.1, 0.15) is 12.0 Å². The normalized spacial score (nSPS) is 11.1. The van der Waals surface area contributed by atoms with Gasteiger partial charge in [0.05, 0.1) is 12.7 Å². The average Bonchev–Trinajstić information content (AvgIpc) is 2.59. The molecule has 0 spiro atoms. The number of hydrogen-bond donors (Lipinski definition) is 0. The zero-order valence-electron chi connectivity index (χ0n) is 7.33. The molecule has 0 N–H and O–H groups in total. The summed E-state index contributed by atoms with van der Waals surface area (Å²) in [6.45, 7) is 0. The second-order valence-electron chi connectivity index (χ2n) is 2.68. The van der Waals surface area contributed by atoms with Crippen LogP contribution in [0.25, 0.3) is 11.1 Å². The summed E-state index contributed by atoms with van der Waals surface area (Å²) in [6, 6.07) is 4.40. The number of ether oxygens (including phenoxy) is 1. The SMILES string of the molecule is COc1nc2cccc(C(F)F)c2o1. The smallest absolute Gasteiger partial charge is 0.394 e. The van der Waals surface area contributed by atoms with E-state index in [1.807, 2.05) is 0 Å². The predicted molar refractivity (Wildman–Crippen MR) is 45.5 cm³/mol. The Hall–Kier alpha value is -1.65. The van der Waals surface area contributed by atoms with Crippen LogP contribution in [0.5, 0.6) is 6.08 Å². The third-order valence-corrected chi connectivity index (χ3v) is 1.84. The van der Waals surface area contributed by atoms with Gasteiger partial charge in [0.25, 0.3) is 6.43 Å². The predicted octanol–water partition coefficient (Wildman–Crippen LogP) is 2.77. The van der Waals surface area contributed by atoms with E-state index in [4.69, 9.17) is 9.15 Å². The molecule has 0 bridgehead atoms. The number of para-hydroxylation sites is 1. The van der Waals surface area contributed by atoms with Crippen molar-refractivity contribution in [3.05, 3.63) is 23.8 Å². The van der Waals surface area contributed by atoms with Crippen LogP contribution in [-0.2, 0) is 0 Å². The van der Waals surface area contributed by atoms with E-state index in [1.165, 1.54) is 19.2 Å². The van der Waals surface area contributed by atoms with E-state index in [-0.39, 0.29) is 17.2 Å². The molecule has 2 rings (SSSR count). The second kappa shape index (κ2) is 3.25. The van der Waals surface area contributed by atoms with Gasteiger partial charge in [0.2, 0.25) is 0 Å². The Morgan fingerprint density at radius 3 is 2.86 bits per heavy atom. The molecule has 2 aromatic rings. The summed E-state index contributed by atoms with van der Waals surface area (Å²) in [7, 11) is 1.37. The van der Waals surface area contributed by atoms with Gasteiger partial charge in [-0.15, -0.1) is 0 Å². The number of rotatable bonds is 2. The molecule has 1 heterocycles. The monoisotopic (exact) mass is 199 g/mol. The number of hydrogen-bond acceptors (Lipinski definition) is 3. The molecule has 0 aliphatic heterocycles. The molecule has 0 aliphatic rings. The number of oxazole rings is 1. The lowest BCUT2D eigenvalue weighted by Gasteiger charge is -1.97. The molecule has 14 heavy (non-hydrogen) atoms. The highest BCUT2D eigenvalue weighted by molar-refractivity contribution is 5.77. The molecule has 3 nitrogen and oxygen atoms in total. The summed E-state index contributed by atoms with van der Waals surface area (Å²) in [5.41, 5.74) is 0.289. The van der Waals surface area contributed by atoms with E-state index < -0.39 is 6.43 Å². The van der Waals surface area contributed by atoms with Crippen LogP contribution in [0.3, 0.4) is 0 Å². The van der Waals surface area contributed by atoms with Gasteiger partial charge in [-0.3, -0.25) is 0 Å². The van der Waals surface area contributed by atoms with Crippen LogP contribution in [-0.4, -0.2) is 12.1 Å². The zero-order valence-corrected chi connectivity index (χ0v) is 7.33. The molecular weight excluding hydrogens is 192 g/mol. The fraction of sp³-hybridized carbons (Fsp3) is 0.222. The first-order valence-corrected chi connectivity index (χ1v) is 3.94. The molecule has 0 unspecified atom stereocenters. The van der Waals surface area contributed by atoms with Crippen molar-refractivity contribution in [2.45, 2.75) is 6.43 Å². The molecule has 0 fully saturated rings. The van der Waals surface area contributed by atoms with Crippen molar-refractivity contribution < 1.29 is 17.9 Å². The third kappa shape index (κ3) is 1.30. The third-order valence-electron chi connectivity index (χ3n) is 1.84. The van der Waals surface area contributed by atoms with Gasteiger partial charge in [0.1, 0.15) is 5.52 Å². The minimum Gasteiger partial charge on any atom is -0.453 e. The lowest BCUT2D eigenvalue weighted by Crippen LogP contribution is -1.83. The Balaban J connectivity index is 2.66. The maximum Gasteiger partial charge on any atom is 0.394 e. The lowest BCUT2D eigenvalue weighted by molar-refractivity contribution is 0.151. The summed E-state index contributed by atoms with van der Waals surface area (Å²) in [6.07, 6.45) is -2.58. The average molecular weight is 199 g/mol. The molecule has 0 saturated heterocycles. The van der Waals surface area contributed by atoms with E-state index in [2.05, 4.69) is 4.98 Å². The van der Waals surface area contributed by atoms with Crippen LogP contribution in [0.15, 0.2) is 22.6 Å². The van der Waals surface area contributed by atoms with E-state index >= 15 is 0 Å². The van der Waals surface area contributed by atoms with E-state index in [9.17, 15) is 8.78 Å². The lowest BCUT2D eigenvalue weighted by atomic mass is 10.2. The first kappa shape index (κ1) is 8.93. The van der Waals surface area contributed by atoms with Gasteiger partial charge in [0.15, 0.2) is 5.58 Å². The number of halogens is 2. The summed E-state index contributed by atoms with van der Waals surface area (Å²) in [5, 5.41) is 0. The fourth-order valence-electron chi connectivity index (χ4n) is 1.21. The van der Waals surface area contributed by atoms with Gasteiger partial charge < -0.3 is 9.15 Å². The number of alkyl halides is 2. The Kier molecular flexibility index (Phi) is 2.07. The Morgan fingerprint density at radius 2 is 2.21 bits per heavy atom. The van der Waals surface area contributed by atoms with Gasteiger partial charge in [0, 0.05) is 0 Å². The maximum atomic E-state index is 12.5. The molecule has 5 heteroatoms. The van der Waals surface area contributed by atoms with Crippen molar-refractivity contribution >= 4 is 11.1 Å². The number of benzene rings is 1. The maximum absolute atomic E-state index is 12.5. The van der Waals surface area contributed by atoms with Gasteiger partial charge >= 0.3 is 6.08 Å². The van der Waals surface area contributed by atoms with Crippen molar-refractivity contribution in [2.75, 3.05) is 7.11 Å². The highest BCUT2D eigenvalue weighted by Crippen LogP contribution is 2.29. The highest BCUT2D eigenvalue weighted by atomic mass is 19.3. The van der Waals surface area contributed by atoms with Crippen molar-refractivity contribution in [1.29, 1.82) is 0 Å². The van der Waals surface area contributed by atoms with E-state index in [0.29, 0.717) is 5.52 Å². The van der Waals surface area contributed by atoms with Crippen LogP contribution < -0.4 is 4.74 Å². The second-order valence-corrected chi connectivity index (χ2v) is 2.68. The molecule has 0 amide bonds. The van der Waals surface area contributed by atoms with Gasteiger partial charge in [-0.25, -0.2) is 8.78 Å². The standard InChI is InChI=1S/C9H7F2NO2/c1-13-9-12-6-4-2-3-5(8(10)11)7(6)14-9/h2-4,8H,1H3. The summed E-state index contributed by atoms with van der Waals surface area (Å²) in [5.74, 6) is 0. The Labute approximate surface area is 78.3 Å².